The third kappa shape index (κ3) is 5.01. The van der Waals surface area contributed by atoms with E-state index in [2.05, 4.69) is 70.5 Å². The fourth-order valence-corrected chi connectivity index (χ4v) is 4.75. The van der Waals surface area contributed by atoms with Gasteiger partial charge in [0.2, 0.25) is 0 Å². The van der Waals surface area contributed by atoms with Crippen LogP contribution >= 0.6 is 11.8 Å². The van der Waals surface area contributed by atoms with E-state index in [0.717, 1.165) is 43.5 Å². The van der Waals surface area contributed by atoms with Gasteiger partial charge in [0.15, 0.2) is 5.96 Å². The van der Waals surface area contributed by atoms with Crippen LogP contribution in [-0.4, -0.2) is 46.9 Å². The Labute approximate surface area is 182 Å². The first-order chi connectivity index (χ1) is 14.7. The average molecular weight is 418 g/mol. The van der Waals surface area contributed by atoms with Crippen molar-refractivity contribution in [2.75, 3.05) is 26.2 Å². The summed E-state index contributed by atoms with van der Waals surface area (Å²) in [6.07, 6.45) is 1.88. The van der Waals surface area contributed by atoms with Crippen LogP contribution in [0.15, 0.2) is 78.0 Å². The number of nitrogens with one attached hydrogen (secondary N) is 1. The van der Waals surface area contributed by atoms with E-state index in [1.165, 1.54) is 22.3 Å². The molecule has 6 heteroatoms. The van der Waals surface area contributed by atoms with Crippen LogP contribution in [0.25, 0.3) is 11.1 Å². The van der Waals surface area contributed by atoms with E-state index in [1.54, 1.807) is 11.8 Å². The summed E-state index contributed by atoms with van der Waals surface area (Å²) in [6, 6.07) is 23.4. The first kappa shape index (κ1) is 20.4. The molecular formula is C24H27N5S. The minimum Gasteiger partial charge on any atom is -0.370 e. The molecule has 4 rings (SSSR count). The van der Waals surface area contributed by atoms with E-state index in [0.29, 0.717) is 0 Å². The molecule has 0 aliphatic carbocycles. The number of hydrogen-bond acceptors (Lipinski definition) is 4. The van der Waals surface area contributed by atoms with Crippen LogP contribution in [0.1, 0.15) is 11.1 Å². The Morgan fingerprint density at radius 1 is 0.900 bits per heavy atom. The smallest absolute Gasteiger partial charge is 0.188 e. The quantitative estimate of drug-likeness (QED) is 0.360. The Kier molecular flexibility index (Phi) is 6.67. The molecule has 0 atom stereocenters. The second kappa shape index (κ2) is 9.78. The van der Waals surface area contributed by atoms with Gasteiger partial charge in [-0.2, -0.15) is 0 Å². The predicted octanol–water partition coefficient (Wildman–Crippen LogP) is 4.05. The van der Waals surface area contributed by atoms with Crippen LogP contribution in [0.4, 0.5) is 0 Å². The van der Waals surface area contributed by atoms with Crippen LogP contribution in [0.3, 0.4) is 0 Å². The second-order valence-electron chi connectivity index (χ2n) is 7.43. The van der Waals surface area contributed by atoms with E-state index in [1.807, 2.05) is 17.2 Å². The molecule has 1 aromatic heterocycles. The minimum absolute atomic E-state index is 0.171. The molecule has 30 heavy (non-hydrogen) atoms. The fourth-order valence-electron chi connectivity index (χ4n) is 3.75. The lowest BCUT2D eigenvalue weighted by Crippen LogP contribution is -2.50. The summed E-state index contributed by atoms with van der Waals surface area (Å²) < 4.78 is 0. The van der Waals surface area contributed by atoms with Gasteiger partial charge in [-0.15, -0.1) is 11.8 Å². The average Bonchev–Trinajstić information content (AvgIpc) is 2.80. The lowest BCUT2D eigenvalue weighted by Gasteiger charge is -2.35. The Balaban J connectivity index is 1.44. The molecule has 2 aromatic carbocycles. The number of nitrogens with two attached hydrogens (primary N) is 1. The van der Waals surface area contributed by atoms with Crippen molar-refractivity contribution < 1.29 is 0 Å². The molecule has 1 saturated heterocycles. The van der Waals surface area contributed by atoms with Crippen molar-refractivity contribution in [2.24, 2.45) is 5.73 Å². The fraction of sp³-hybridized carbons (Fsp3) is 0.250. The molecule has 0 radical (unpaired) electrons. The maximum atomic E-state index is 7.60. The predicted molar refractivity (Wildman–Crippen MR) is 124 cm³/mol. The zero-order valence-corrected chi connectivity index (χ0v) is 17.8. The third-order valence-electron chi connectivity index (χ3n) is 5.42. The van der Waals surface area contributed by atoms with Crippen LogP contribution in [0.2, 0.25) is 0 Å². The van der Waals surface area contributed by atoms with Gasteiger partial charge in [0.25, 0.3) is 0 Å². The highest BCUT2D eigenvalue weighted by Gasteiger charge is 2.19. The maximum Gasteiger partial charge on any atom is 0.188 e. The van der Waals surface area contributed by atoms with E-state index in [9.17, 15) is 0 Å². The Bertz CT molecular complexity index is 984. The van der Waals surface area contributed by atoms with Crippen LogP contribution in [0.5, 0.6) is 0 Å². The lowest BCUT2D eigenvalue weighted by molar-refractivity contribution is 0.172. The Hall–Kier alpha value is -2.83. The molecule has 0 saturated carbocycles. The van der Waals surface area contributed by atoms with Crippen molar-refractivity contribution in [1.29, 1.82) is 5.41 Å². The van der Waals surface area contributed by atoms with E-state index >= 15 is 0 Å². The van der Waals surface area contributed by atoms with Gasteiger partial charge in [0.05, 0.1) is 0 Å². The summed E-state index contributed by atoms with van der Waals surface area (Å²) in [5, 5.41) is 8.69. The molecule has 154 valence electrons. The molecule has 5 nitrogen and oxygen atoms in total. The van der Waals surface area contributed by atoms with Crippen LogP contribution in [0, 0.1) is 5.41 Å². The lowest BCUT2D eigenvalue weighted by atomic mass is 10.0. The number of piperazine rings is 1. The number of thioether (sulfide) groups is 1. The molecule has 0 amide bonds. The van der Waals surface area contributed by atoms with Crippen molar-refractivity contribution >= 4 is 17.7 Å². The monoisotopic (exact) mass is 417 g/mol. The third-order valence-corrected chi connectivity index (χ3v) is 6.52. The number of hydrogen-bond donors (Lipinski definition) is 2. The highest BCUT2D eigenvalue weighted by molar-refractivity contribution is 7.98. The first-order valence-corrected chi connectivity index (χ1v) is 11.2. The normalized spacial score (nSPS) is 14.6. The topological polar surface area (TPSA) is 69.2 Å². The van der Waals surface area contributed by atoms with E-state index < -0.39 is 0 Å². The van der Waals surface area contributed by atoms with Gasteiger partial charge in [0.1, 0.15) is 5.03 Å². The maximum absolute atomic E-state index is 7.60. The first-order valence-electron chi connectivity index (χ1n) is 10.2. The molecular weight excluding hydrogens is 390 g/mol. The molecule has 0 bridgehead atoms. The van der Waals surface area contributed by atoms with Crippen molar-refractivity contribution in [3.8, 4) is 11.1 Å². The molecule has 1 aliphatic rings. The zero-order chi connectivity index (χ0) is 20.8. The number of nitrogens with zero attached hydrogens (tertiary/aromatic N) is 3. The minimum atomic E-state index is 0.171. The van der Waals surface area contributed by atoms with Gasteiger partial charge in [-0.3, -0.25) is 10.3 Å². The van der Waals surface area contributed by atoms with Crippen molar-refractivity contribution in [3.05, 3.63) is 84.1 Å². The summed E-state index contributed by atoms with van der Waals surface area (Å²) in [5.74, 6) is 1.05. The molecule has 3 N–H and O–H groups in total. The highest BCUT2D eigenvalue weighted by atomic mass is 32.2. The van der Waals surface area contributed by atoms with Crippen molar-refractivity contribution in [2.45, 2.75) is 17.3 Å². The van der Waals surface area contributed by atoms with Crippen molar-refractivity contribution in [3.63, 3.8) is 0 Å². The van der Waals surface area contributed by atoms with Crippen LogP contribution in [-0.2, 0) is 12.3 Å². The number of rotatable bonds is 6. The molecule has 0 spiro atoms. The van der Waals surface area contributed by atoms with Crippen LogP contribution < -0.4 is 5.73 Å². The second-order valence-corrected chi connectivity index (χ2v) is 8.39. The van der Waals surface area contributed by atoms with Gasteiger partial charge in [-0.25, -0.2) is 4.98 Å². The Morgan fingerprint density at radius 3 is 2.37 bits per heavy atom. The molecule has 1 aliphatic heterocycles. The summed E-state index contributed by atoms with van der Waals surface area (Å²) in [4.78, 5) is 9.02. The summed E-state index contributed by atoms with van der Waals surface area (Å²) in [6.45, 7) is 4.32. The van der Waals surface area contributed by atoms with Gasteiger partial charge in [-0.05, 0) is 28.3 Å². The number of benzene rings is 2. The van der Waals surface area contributed by atoms with Gasteiger partial charge in [-0.1, -0.05) is 60.7 Å². The molecule has 2 heterocycles. The van der Waals surface area contributed by atoms with Gasteiger partial charge in [0, 0.05) is 44.7 Å². The zero-order valence-electron chi connectivity index (χ0n) is 17.0. The molecule has 3 aromatic rings. The highest BCUT2D eigenvalue weighted by Crippen LogP contribution is 2.30. The summed E-state index contributed by atoms with van der Waals surface area (Å²) >= 11 is 1.80. The van der Waals surface area contributed by atoms with E-state index in [4.69, 9.17) is 11.1 Å². The SMILES string of the molecule is N=C(N)N1CCN(Cc2cccnc2SCc2ccccc2-c2ccccc2)CC1. The summed E-state index contributed by atoms with van der Waals surface area (Å²) in [7, 11) is 0. The number of aromatic nitrogens is 1. The van der Waals surface area contributed by atoms with Gasteiger partial charge < -0.3 is 10.6 Å². The molecule has 0 unspecified atom stereocenters. The number of pyridine rings is 1. The standard InChI is InChI=1S/C24H27N5S/c25-24(26)29-15-13-28(14-16-29)17-20-10-6-12-27-23(20)30-18-21-9-4-5-11-22(21)19-7-2-1-3-8-19/h1-12H,13-18H2,(H3,25,26). The van der Waals surface area contributed by atoms with Gasteiger partial charge >= 0.3 is 0 Å². The van der Waals surface area contributed by atoms with Crippen molar-refractivity contribution in [1.82, 2.24) is 14.8 Å². The summed E-state index contributed by atoms with van der Waals surface area (Å²) in [5.41, 5.74) is 10.7. The molecule has 1 fully saturated rings. The number of guanidine groups is 1. The van der Waals surface area contributed by atoms with E-state index in [-0.39, 0.29) is 5.96 Å². The largest absolute Gasteiger partial charge is 0.370 e. The Morgan fingerprint density at radius 2 is 1.60 bits per heavy atom.